The normalized spacial score (nSPS) is 20.3. The molecule has 3 nitrogen and oxygen atoms in total. The zero-order chi connectivity index (χ0) is 10.1. The van der Waals surface area contributed by atoms with Crippen molar-refractivity contribution >= 4 is 5.91 Å². The van der Waals surface area contributed by atoms with Gasteiger partial charge in [-0.25, -0.2) is 0 Å². The van der Waals surface area contributed by atoms with E-state index in [1.807, 2.05) is 32.0 Å². The molecule has 0 fully saturated rings. The van der Waals surface area contributed by atoms with Gasteiger partial charge in [-0.15, -0.1) is 0 Å². The van der Waals surface area contributed by atoms with Crippen molar-refractivity contribution in [2.45, 2.75) is 20.1 Å². The van der Waals surface area contributed by atoms with E-state index in [4.69, 9.17) is 4.74 Å². The second-order valence-corrected chi connectivity index (χ2v) is 3.30. The molecule has 14 heavy (non-hydrogen) atoms. The topological polar surface area (TPSA) is 29.5 Å². The van der Waals surface area contributed by atoms with E-state index >= 15 is 0 Å². The average molecular weight is 191 g/mol. The Morgan fingerprint density at radius 2 is 2.14 bits per heavy atom. The summed E-state index contributed by atoms with van der Waals surface area (Å²) in [6.07, 6.45) is -0.164. The van der Waals surface area contributed by atoms with Gasteiger partial charge in [-0.1, -0.05) is 12.1 Å². The zero-order valence-electron chi connectivity index (χ0n) is 8.36. The molecule has 74 valence electrons. The Labute approximate surface area is 83.3 Å². The summed E-state index contributed by atoms with van der Waals surface area (Å²) in [5.74, 6) is 0.747. The van der Waals surface area contributed by atoms with E-state index in [9.17, 15) is 4.79 Å². The highest BCUT2D eigenvalue weighted by atomic mass is 16.5. The molecule has 1 heterocycles. The second kappa shape index (κ2) is 3.33. The minimum atomic E-state index is -0.164. The third kappa shape index (κ3) is 1.25. The van der Waals surface area contributed by atoms with Crippen molar-refractivity contribution in [3.63, 3.8) is 0 Å². The van der Waals surface area contributed by atoms with Crippen LogP contribution < -0.4 is 4.74 Å². The van der Waals surface area contributed by atoms with Crippen LogP contribution in [0.25, 0.3) is 0 Å². The van der Waals surface area contributed by atoms with E-state index in [0.29, 0.717) is 17.9 Å². The van der Waals surface area contributed by atoms with Gasteiger partial charge in [-0.2, -0.15) is 0 Å². The Morgan fingerprint density at radius 3 is 2.86 bits per heavy atom. The molecule has 1 aliphatic heterocycles. The van der Waals surface area contributed by atoms with Crippen LogP contribution in [0.1, 0.15) is 24.2 Å². The maximum absolute atomic E-state index is 11.9. The molecule has 0 saturated carbocycles. The van der Waals surface area contributed by atoms with Gasteiger partial charge >= 0.3 is 0 Å². The molecule has 1 aromatic rings. The van der Waals surface area contributed by atoms with Crippen molar-refractivity contribution in [2.75, 3.05) is 6.54 Å². The van der Waals surface area contributed by atoms with Crippen LogP contribution in [0.3, 0.4) is 0 Å². The summed E-state index contributed by atoms with van der Waals surface area (Å²) >= 11 is 0. The van der Waals surface area contributed by atoms with Crippen LogP contribution in [-0.4, -0.2) is 23.6 Å². The number of rotatable bonds is 1. The standard InChI is InChI=1S/C11H13NO2/c1-3-12-8(2)14-10-7-5-4-6-9(10)11(12)13/h4-8H,3H2,1-2H3/t8-/m1/s1. The summed E-state index contributed by atoms with van der Waals surface area (Å²) < 4.78 is 5.61. The number of carbonyl (C=O) groups is 1. The van der Waals surface area contributed by atoms with Crippen LogP contribution in [-0.2, 0) is 0 Å². The predicted octanol–water partition coefficient (Wildman–Crippen LogP) is 1.89. The van der Waals surface area contributed by atoms with Crippen LogP contribution in [0.5, 0.6) is 5.75 Å². The number of fused-ring (bicyclic) bond motifs is 1. The van der Waals surface area contributed by atoms with Gasteiger partial charge in [0.25, 0.3) is 5.91 Å². The summed E-state index contributed by atoms with van der Waals surface area (Å²) in [6.45, 7) is 4.51. The fraction of sp³-hybridized carbons (Fsp3) is 0.364. The number of ether oxygens (including phenoxy) is 1. The molecule has 0 aliphatic carbocycles. The number of para-hydroxylation sites is 1. The Balaban J connectivity index is 2.43. The number of nitrogens with zero attached hydrogens (tertiary/aromatic N) is 1. The van der Waals surface area contributed by atoms with Crippen LogP contribution >= 0.6 is 0 Å². The molecule has 1 aliphatic rings. The SMILES string of the molecule is CCN1C(=O)c2ccccc2O[C@@H]1C. The monoisotopic (exact) mass is 191 g/mol. The minimum absolute atomic E-state index is 0.0573. The summed E-state index contributed by atoms with van der Waals surface area (Å²) in [6, 6.07) is 7.35. The quantitative estimate of drug-likeness (QED) is 0.678. The number of hydrogen-bond acceptors (Lipinski definition) is 2. The van der Waals surface area contributed by atoms with E-state index < -0.39 is 0 Å². The highest BCUT2D eigenvalue weighted by Crippen LogP contribution is 2.26. The molecule has 1 aromatic carbocycles. The third-order valence-corrected chi connectivity index (χ3v) is 2.46. The largest absolute Gasteiger partial charge is 0.470 e. The van der Waals surface area contributed by atoms with Crippen LogP contribution in [0.15, 0.2) is 24.3 Å². The molecule has 1 amide bonds. The van der Waals surface area contributed by atoms with Gasteiger partial charge in [0.2, 0.25) is 0 Å². The van der Waals surface area contributed by atoms with Gasteiger partial charge in [-0.3, -0.25) is 4.79 Å². The van der Waals surface area contributed by atoms with Gasteiger partial charge in [-0.05, 0) is 26.0 Å². The van der Waals surface area contributed by atoms with Crippen LogP contribution in [0.4, 0.5) is 0 Å². The third-order valence-electron chi connectivity index (χ3n) is 2.46. The Hall–Kier alpha value is -1.51. The van der Waals surface area contributed by atoms with E-state index in [-0.39, 0.29) is 12.1 Å². The summed E-state index contributed by atoms with van der Waals surface area (Å²) in [5, 5.41) is 0. The predicted molar refractivity (Wildman–Crippen MR) is 53.2 cm³/mol. The highest BCUT2D eigenvalue weighted by Gasteiger charge is 2.29. The maximum atomic E-state index is 11.9. The molecular formula is C11H13NO2. The zero-order valence-corrected chi connectivity index (χ0v) is 8.36. The molecule has 0 N–H and O–H groups in total. The van der Waals surface area contributed by atoms with Gasteiger partial charge < -0.3 is 9.64 Å². The van der Waals surface area contributed by atoms with E-state index in [1.54, 1.807) is 11.0 Å². The molecule has 0 aromatic heterocycles. The van der Waals surface area contributed by atoms with Gasteiger partial charge in [0, 0.05) is 6.54 Å². The molecular weight excluding hydrogens is 178 g/mol. The fourth-order valence-electron chi connectivity index (χ4n) is 1.71. The lowest BCUT2D eigenvalue weighted by Crippen LogP contribution is -2.45. The molecule has 0 radical (unpaired) electrons. The van der Waals surface area contributed by atoms with Crippen molar-refractivity contribution in [3.05, 3.63) is 29.8 Å². The number of carbonyl (C=O) groups excluding carboxylic acids is 1. The van der Waals surface area contributed by atoms with Gasteiger partial charge in [0.05, 0.1) is 5.56 Å². The Morgan fingerprint density at radius 1 is 1.43 bits per heavy atom. The van der Waals surface area contributed by atoms with Crippen molar-refractivity contribution in [1.29, 1.82) is 0 Å². The minimum Gasteiger partial charge on any atom is -0.470 e. The molecule has 0 bridgehead atoms. The average Bonchev–Trinajstić information content (AvgIpc) is 2.18. The number of amides is 1. The molecule has 1 atom stereocenters. The number of hydrogen-bond donors (Lipinski definition) is 0. The van der Waals surface area contributed by atoms with E-state index in [2.05, 4.69) is 0 Å². The van der Waals surface area contributed by atoms with Crippen molar-refractivity contribution in [3.8, 4) is 5.75 Å². The molecule has 0 unspecified atom stereocenters. The summed E-state index contributed by atoms with van der Waals surface area (Å²) in [4.78, 5) is 13.6. The first-order chi connectivity index (χ1) is 6.74. The lowest BCUT2D eigenvalue weighted by molar-refractivity contribution is 0.0206. The van der Waals surface area contributed by atoms with Crippen molar-refractivity contribution in [1.82, 2.24) is 4.90 Å². The smallest absolute Gasteiger partial charge is 0.260 e. The first kappa shape index (κ1) is 9.06. The summed E-state index contributed by atoms with van der Waals surface area (Å²) in [7, 11) is 0. The summed E-state index contributed by atoms with van der Waals surface area (Å²) in [5.41, 5.74) is 0.660. The molecule has 0 saturated heterocycles. The first-order valence-corrected chi connectivity index (χ1v) is 4.80. The Kier molecular flexibility index (Phi) is 2.15. The first-order valence-electron chi connectivity index (χ1n) is 4.80. The fourth-order valence-corrected chi connectivity index (χ4v) is 1.71. The molecule has 3 heteroatoms. The van der Waals surface area contributed by atoms with Gasteiger partial charge in [0.15, 0.2) is 6.23 Å². The Bertz CT molecular complexity index is 362. The lowest BCUT2D eigenvalue weighted by Gasteiger charge is -2.33. The van der Waals surface area contributed by atoms with Gasteiger partial charge in [0.1, 0.15) is 5.75 Å². The van der Waals surface area contributed by atoms with Crippen molar-refractivity contribution < 1.29 is 9.53 Å². The highest BCUT2D eigenvalue weighted by molar-refractivity contribution is 5.97. The maximum Gasteiger partial charge on any atom is 0.260 e. The van der Waals surface area contributed by atoms with Crippen LogP contribution in [0, 0.1) is 0 Å². The van der Waals surface area contributed by atoms with Crippen molar-refractivity contribution in [2.24, 2.45) is 0 Å². The number of benzene rings is 1. The molecule has 0 spiro atoms. The lowest BCUT2D eigenvalue weighted by atomic mass is 10.1. The van der Waals surface area contributed by atoms with E-state index in [0.717, 1.165) is 0 Å². The second-order valence-electron chi connectivity index (χ2n) is 3.30. The van der Waals surface area contributed by atoms with Crippen LogP contribution in [0.2, 0.25) is 0 Å². The molecule has 2 rings (SSSR count). The van der Waals surface area contributed by atoms with E-state index in [1.165, 1.54) is 0 Å².